The van der Waals surface area contributed by atoms with Gasteiger partial charge in [0.2, 0.25) is 0 Å². The molecule has 0 aromatic heterocycles. The number of hydrogen-bond donors (Lipinski definition) is 1. The lowest BCUT2D eigenvalue weighted by molar-refractivity contribution is 0.194. The number of amides is 2. The molecule has 1 aliphatic rings. The van der Waals surface area contributed by atoms with Gasteiger partial charge in [-0.25, -0.2) is 4.79 Å². The third-order valence-corrected chi connectivity index (χ3v) is 4.17. The van der Waals surface area contributed by atoms with Gasteiger partial charge in [-0.1, -0.05) is 26.0 Å². The van der Waals surface area contributed by atoms with Crippen molar-refractivity contribution in [2.24, 2.45) is 5.92 Å². The largest absolute Gasteiger partial charge is 0.368 e. The molecule has 1 fully saturated rings. The number of hydrogen-bond acceptors (Lipinski definition) is 2. The lowest BCUT2D eigenvalue weighted by atomic mass is 10.1. The number of rotatable bonds is 5. The molecule has 0 spiro atoms. The van der Waals surface area contributed by atoms with E-state index in [0.717, 1.165) is 39.1 Å². The fraction of sp³-hybridized carbons (Fsp3) is 0.611. The molecule has 1 aliphatic heterocycles. The Morgan fingerprint density at radius 1 is 1.23 bits per heavy atom. The van der Waals surface area contributed by atoms with Crippen LogP contribution in [0.3, 0.4) is 0 Å². The van der Waals surface area contributed by atoms with Crippen molar-refractivity contribution in [3.05, 3.63) is 29.8 Å². The highest BCUT2D eigenvalue weighted by Crippen LogP contribution is 2.17. The molecule has 2 rings (SSSR count). The normalized spacial score (nSPS) is 15.3. The molecular weight excluding hydrogens is 274 g/mol. The summed E-state index contributed by atoms with van der Waals surface area (Å²) in [4.78, 5) is 16.4. The van der Waals surface area contributed by atoms with E-state index < -0.39 is 0 Å². The molecule has 0 saturated carbocycles. The monoisotopic (exact) mass is 303 g/mol. The van der Waals surface area contributed by atoms with Crippen LogP contribution in [-0.2, 0) is 0 Å². The fourth-order valence-electron chi connectivity index (χ4n) is 2.81. The van der Waals surface area contributed by atoms with Gasteiger partial charge in [0.15, 0.2) is 0 Å². The number of benzene rings is 1. The van der Waals surface area contributed by atoms with Crippen molar-refractivity contribution in [2.75, 3.05) is 37.6 Å². The number of carbonyl (C=O) groups is 1. The smallest absolute Gasteiger partial charge is 0.317 e. The van der Waals surface area contributed by atoms with E-state index in [9.17, 15) is 4.79 Å². The Morgan fingerprint density at radius 2 is 1.95 bits per heavy atom. The summed E-state index contributed by atoms with van der Waals surface area (Å²) in [5.41, 5.74) is 2.54. The van der Waals surface area contributed by atoms with E-state index in [2.05, 4.69) is 55.3 Å². The van der Waals surface area contributed by atoms with E-state index in [1.165, 1.54) is 17.7 Å². The maximum absolute atomic E-state index is 12.1. The highest BCUT2D eigenvalue weighted by Gasteiger charge is 2.20. The van der Waals surface area contributed by atoms with Crippen molar-refractivity contribution in [3.8, 4) is 0 Å². The maximum Gasteiger partial charge on any atom is 0.317 e. The average Bonchev–Trinajstić information content (AvgIpc) is 2.51. The zero-order chi connectivity index (χ0) is 15.9. The van der Waals surface area contributed by atoms with Gasteiger partial charge in [-0.05, 0) is 43.4 Å². The van der Waals surface area contributed by atoms with Gasteiger partial charge in [-0.15, -0.1) is 0 Å². The Hall–Kier alpha value is -1.71. The standard InChI is InChI=1S/C18H29N3O/c1-15(2)6-5-9-19-18(22)21-12-10-20(11-13-21)17-8-4-7-16(3)14-17/h4,7-8,14-15H,5-6,9-13H2,1-3H3,(H,19,22). The molecule has 122 valence electrons. The zero-order valence-electron chi connectivity index (χ0n) is 14.1. The fourth-order valence-corrected chi connectivity index (χ4v) is 2.81. The molecule has 2 amide bonds. The molecular formula is C18H29N3O. The predicted molar refractivity (Wildman–Crippen MR) is 92.4 cm³/mol. The minimum atomic E-state index is 0.0904. The Morgan fingerprint density at radius 3 is 2.59 bits per heavy atom. The summed E-state index contributed by atoms with van der Waals surface area (Å²) >= 11 is 0. The summed E-state index contributed by atoms with van der Waals surface area (Å²) in [5, 5.41) is 3.04. The first-order chi connectivity index (χ1) is 10.6. The average molecular weight is 303 g/mol. The van der Waals surface area contributed by atoms with Crippen LogP contribution in [0.2, 0.25) is 0 Å². The molecule has 4 heteroatoms. The number of nitrogens with zero attached hydrogens (tertiary/aromatic N) is 2. The zero-order valence-corrected chi connectivity index (χ0v) is 14.1. The second kappa shape index (κ2) is 8.06. The molecule has 4 nitrogen and oxygen atoms in total. The molecule has 0 atom stereocenters. The van der Waals surface area contributed by atoms with Gasteiger partial charge in [0.25, 0.3) is 0 Å². The Kier molecular flexibility index (Phi) is 6.10. The number of nitrogens with one attached hydrogen (secondary N) is 1. The van der Waals surface area contributed by atoms with Gasteiger partial charge in [0.1, 0.15) is 0 Å². The summed E-state index contributed by atoms with van der Waals surface area (Å²) in [6.45, 7) is 10.7. The molecule has 0 bridgehead atoms. The van der Waals surface area contributed by atoms with Crippen molar-refractivity contribution in [1.29, 1.82) is 0 Å². The molecule has 1 aromatic rings. The van der Waals surface area contributed by atoms with E-state index in [1.807, 2.05) is 4.90 Å². The topological polar surface area (TPSA) is 35.6 Å². The minimum Gasteiger partial charge on any atom is -0.368 e. The molecule has 1 heterocycles. The minimum absolute atomic E-state index is 0.0904. The number of carbonyl (C=O) groups excluding carboxylic acids is 1. The summed E-state index contributed by atoms with van der Waals surface area (Å²) in [7, 11) is 0. The lowest BCUT2D eigenvalue weighted by Gasteiger charge is -2.36. The van der Waals surface area contributed by atoms with Gasteiger partial charge in [-0.3, -0.25) is 0 Å². The Balaban J connectivity index is 1.73. The number of anilines is 1. The van der Waals surface area contributed by atoms with Crippen molar-refractivity contribution in [3.63, 3.8) is 0 Å². The quantitative estimate of drug-likeness (QED) is 0.848. The number of urea groups is 1. The van der Waals surface area contributed by atoms with Gasteiger partial charge < -0.3 is 15.1 Å². The van der Waals surface area contributed by atoms with Crippen molar-refractivity contribution >= 4 is 11.7 Å². The van der Waals surface area contributed by atoms with E-state index in [-0.39, 0.29) is 6.03 Å². The van der Waals surface area contributed by atoms with Crippen LogP contribution in [0.1, 0.15) is 32.3 Å². The maximum atomic E-state index is 12.1. The highest BCUT2D eigenvalue weighted by atomic mass is 16.2. The second-order valence-electron chi connectivity index (χ2n) is 6.58. The van der Waals surface area contributed by atoms with Crippen LogP contribution in [0.15, 0.2) is 24.3 Å². The Labute approximate surface area is 134 Å². The van der Waals surface area contributed by atoms with E-state index in [4.69, 9.17) is 0 Å². The molecule has 1 saturated heterocycles. The summed E-state index contributed by atoms with van der Waals surface area (Å²) < 4.78 is 0. The van der Waals surface area contributed by atoms with Crippen LogP contribution in [-0.4, -0.2) is 43.7 Å². The summed E-state index contributed by atoms with van der Waals surface area (Å²) in [6.07, 6.45) is 2.23. The summed E-state index contributed by atoms with van der Waals surface area (Å²) in [5.74, 6) is 0.703. The van der Waals surface area contributed by atoms with Gasteiger partial charge in [-0.2, -0.15) is 0 Å². The first kappa shape index (κ1) is 16.7. The third-order valence-electron chi connectivity index (χ3n) is 4.17. The first-order valence-corrected chi connectivity index (χ1v) is 8.40. The number of piperazine rings is 1. The van der Waals surface area contributed by atoms with Crippen LogP contribution in [0.25, 0.3) is 0 Å². The van der Waals surface area contributed by atoms with Crippen LogP contribution in [0, 0.1) is 12.8 Å². The molecule has 1 N–H and O–H groups in total. The first-order valence-electron chi connectivity index (χ1n) is 8.40. The van der Waals surface area contributed by atoms with Crippen molar-refractivity contribution < 1.29 is 4.79 Å². The molecule has 0 radical (unpaired) electrons. The van der Waals surface area contributed by atoms with Crippen LogP contribution < -0.4 is 10.2 Å². The van der Waals surface area contributed by atoms with Gasteiger partial charge in [0, 0.05) is 38.4 Å². The second-order valence-corrected chi connectivity index (χ2v) is 6.58. The molecule has 1 aromatic carbocycles. The molecule has 22 heavy (non-hydrogen) atoms. The lowest BCUT2D eigenvalue weighted by Crippen LogP contribution is -2.52. The van der Waals surface area contributed by atoms with Crippen LogP contribution >= 0.6 is 0 Å². The molecule has 0 aliphatic carbocycles. The van der Waals surface area contributed by atoms with E-state index >= 15 is 0 Å². The predicted octanol–water partition coefficient (Wildman–Crippen LogP) is 3.26. The van der Waals surface area contributed by atoms with Crippen molar-refractivity contribution in [1.82, 2.24) is 10.2 Å². The van der Waals surface area contributed by atoms with Gasteiger partial charge in [0.05, 0.1) is 0 Å². The van der Waals surface area contributed by atoms with Gasteiger partial charge >= 0.3 is 6.03 Å². The SMILES string of the molecule is Cc1cccc(N2CCN(C(=O)NCCCC(C)C)CC2)c1. The van der Waals surface area contributed by atoms with E-state index in [1.54, 1.807) is 0 Å². The van der Waals surface area contributed by atoms with Crippen LogP contribution in [0.4, 0.5) is 10.5 Å². The third kappa shape index (κ3) is 4.93. The van der Waals surface area contributed by atoms with Crippen molar-refractivity contribution in [2.45, 2.75) is 33.6 Å². The van der Waals surface area contributed by atoms with E-state index in [0.29, 0.717) is 5.92 Å². The highest BCUT2D eigenvalue weighted by molar-refractivity contribution is 5.74. The van der Waals surface area contributed by atoms with Crippen LogP contribution in [0.5, 0.6) is 0 Å². The Bertz CT molecular complexity index is 479. The molecule has 0 unspecified atom stereocenters. The summed E-state index contributed by atoms with van der Waals surface area (Å²) in [6, 6.07) is 8.66. The number of aryl methyl sites for hydroxylation is 1.